The van der Waals surface area contributed by atoms with E-state index in [4.69, 9.17) is 4.74 Å². The van der Waals surface area contributed by atoms with Crippen molar-refractivity contribution in [3.8, 4) is 5.75 Å². The third-order valence-electron chi connectivity index (χ3n) is 4.92. The minimum Gasteiger partial charge on any atom is -0.497 e. The van der Waals surface area contributed by atoms with E-state index in [2.05, 4.69) is 20.5 Å². The number of rotatable bonds is 8. The van der Waals surface area contributed by atoms with E-state index in [1.165, 1.54) is 37.5 Å². The van der Waals surface area contributed by atoms with Gasteiger partial charge in [-0.25, -0.2) is 4.98 Å². The Labute approximate surface area is 175 Å². The van der Waals surface area contributed by atoms with Gasteiger partial charge in [0, 0.05) is 18.8 Å². The van der Waals surface area contributed by atoms with E-state index >= 15 is 0 Å². The fourth-order valence-electron chi connectivity index (χ4n) is 3.47. The van der Waals surface area contributed by atoms with Crippen molar-refractivity contribution in [2.75, 3.05) is 25.5 Å². The summed E-state index contributed by atoms with van der Waals surface area (Å²) in [6.45, 7) is 4.49. The van der Waals surface area contributed by atoms with Crippen molar-refractivity contribution in [2.45, 2.75) is 45.2 Å². The molecule has 0 unspecified atom stereocenters. The first-order valence-electron chi connectivity index (χ1n) is 9.91. The molecule has 2 amide bonds. The standard InChI is InChI=1S/C21H28N4O3S/c1-15(26)22-19(16-6-8-18(28-2)9-7-16)12-20(27)24-21-23-17(14-29-21)13-25-10-4-3-5-11-25/h6-9,14,19H,3-5,10-13H2,1-2H3,(H,22,26)(H,23,24,27)/t19-/m1/s1. The summed E-state index contributed by atoms with van der Waals surface area (Å²) in [5, 5.41) is 8.31. The van der Waals surface area contributed by atoms with Gasteiger partial charge in [-0.2, -0.15) is 0 Å². The summed E-state index contributed by atoms with van der Waals surface area (Å²) in [6, 6.07) is 6.93. The number of amides is 2. The second-order valence-electron chi connectivity index (χ2n) is 7.26. The fourth-order valence-corrected chi connectivity index (χ4v) is 4.19. The van der Waals surface area contributed by atoms with Gasteiger partial charge in [-0.1, -0.05) is 18.6 Å². The molecule has 0 spiro atoms. The van der Waals surface area contributed by atoms with Crippen molar-refractivity contribution in [2.24, 2.45) is 0 Å². The highest BCUT2D eigenvalue weighted by Crippen LogP contribution is 2.23. The molecule has 1 aromatic heterocycles. The molecule has 0 aliphatic carbocycles. The molecule has 0 saturated carbocycles. The summed E-state index contributed by atoms with van der Waals surface area (Å²) in [6.07, 6.45) is 3.92. The maximum absolute atomic E-state index is 12.6. The molecule has 7 nitrogen and oxygen atoms in total. The van der Waals surface area contributed by atoms with Gasteiger partial charge in [-0.05, 0) is 43.6 Å². The van der Waals surface area contributed by atoms with Gasteiger partial charge >= 0.3 is 0 Å². The van der Waals surface area contributed by atoms with Gasteiger partial charge in [0.1, 0.15) is 5.75 Å². The lowest BCUT2D eigenvalue weighted by atomic mass is 10.0. The summed E-state index contributed by atoms with van der Waals surface area (Å²) in [5.41, 5.74) is 1.84. The Balaban J connectivity index is 1.58. The highest BCUT2D eigenvalue weighted by atomic mass is 32.1. The van der Waals surface area contributed by atoms with Crippen LogP contribution in [0.25, 0.3) is 0 Å². The number of hydrogen-bond acceptors (Lipinski definition) is 6. The Morgan fingerprint density at radius 2 is 1.93 bits per heavy atom. The number of hydrogen-bond donors (Lipinski definition) is 2. The summed E-state index contributed by atoms with van der Waals surface area (Å²) in [4.78, 5) is 31.1. The summed E-state index contributed by atoms with van der Waals surface area (Å²) < 4.78 is 5.17. The van der Waals surface area contributed by atoms with Crippen LogP contribution in [0.2, 0.25) is 0 Å². The van der Waals surface area contributed by atoms with Crippen LogP contribution in [0.3, 0.4) is 0 Å². The minimum atomic E-state index is -0.411. The van der Waals surface area contributed by atoms with Crippen LogP contribution < -0.4 is 15.4 Å². The average Bonchev–Trinajstić information content (AvgIpc) is 3.14. The van der Waals surface area contributed by atoms with Crippen LogP contribution in [-0.2, 0) is 16.1 Å². The van der Waals surface area contributed by atoms with E-state index in [9.17, 15) is 9.59 Å². The zero-order chi connectivity index (χ0) is 20.6. The molecule has 1 saturated heterocycles. The molecular formula is C21H28N4O3S. The number of ether oxygens (including phenoxy) is 1. The van der Waals surface area contributed by atoms with Crippen molar-refractivity contribution in [3.05, 3.63) is 40.9 Å². The van der Waals surface area contributed by atoms with Gasteiger partial charge in [0.05, 0.1) is 25.3 Å². The van der Waals surface area contributed by atoms with E-state index in [1.54, 1.807) is 7.11 Å². The highest BCUT2D eigenvalue weighted by Gasteiger charge is 2.19. The first kappa shape index (κ1) is 21.3. The van der Waals surface area contributed by atoms with Crippen molar-refractivity contribution in [1.82, 2.24) is 15.2 Å². The molecule has 1 aliphatic heterocycles. The van der Waals surface area contributed by atoms with Gasteiger partial charge in [0.15, 0.2) is 5.13 Å². The number of benzene rings is 1. The van der Waals surface area contributed by atoms with E-state index in [0.717, 1.165) is 36.6 Å². The van der Waals surface area contributed by atoms with Crippen molar-refractivity contribution in [3.63, 3.8) is 0 Å². The number of nitrogens with zero attached hydrogens (tertiary/aromatic N) is 2. The lowest BCUT2D eigenvalue weighted by Crippen LogP contribution is -2.30. The van der Waals surface area contributed by atoms with Crippen LogP contribution in [-0.4, -0.2) is 41.9 Å². The van der Waals surface area contributed by atoms with Gasteiger partial charge in [0.2, 0.25) is 11.8 Å². The van der Waals surface area contributed by atoms with Crippen molar-refractivity contribution < 1.29 is 14.3 Å². The Kier molecular flexibility index (Phi) is 7.60. The van der Waals surface area contributed by atoms with E-state index in [0.29, 0.717) is 5.13 Å². The molecule has 1 fully saturated rings. The molecule has 1 atom stereocenters. The lowest BCUT2D eigenvalue weighted by molar-refractivity contribution is -0.120. The predicted molar refractivity (Wildman–Crippen MR) is 114 cm³/mol. The van der Waals surface area contributed by atoms with Crippen LogP contribution in [0, 0.1) is 0 Å². The quantitative estimate of drug-likeness (QED) is 0.690. The topological polar surface area (TPSA) is 83.6 Å². The largest absolute Gasteiger partial charge is 0.497 e. The van der Waals surface area contributed by atoms with E-state index < -0.39 is 6.04 Å². The average molecular weight is 417 g/mol. The molecule has 3 rings (SSSR count). The third kappa shape index (κ3) is 6.54. The first-order valence-corrected chi connectivity index (χ1v) is 10.8. The van der Waals surface area contributed by atoms with Crippen LogP contribution in [0.4, 0.5) is 5.13 Å². The Morgan fingerprint density at radius 3 is 2.59 bits per heavy atom. The molecule has 2 aromatic rings. The number of thiazole rings is 1. The molecule has 0 radical (unpaired) electrons. The second-order valence-corrected chi connectivity index (χ2v) is 8.12. The SMILES string of the molecule is COc1ccc([C@@H](CC(=O)Nc2nc(CN3CCCCC3)cs2)NC(C)=O)cc1. The molecule has 156 valence electrons. The van der Waals surface area contributed by atoms with Crippen molar-refractivity contribution >= 4 is 28.3 Å². The molecule has 2 N–H and O–H groups in total. The van der Waals surface area contributed by atoms with Gasteiger partial charge < -0.3 is 15.4 Å². The highest BCUT2D eigenvalue weighted by molar-refractivity contribution is 7.13. The molecule has 8 heteroatoms. The van der Waals surface area contributed by atoms with E-state index in [1.807, 2.05) is 29.6 Å². The second kappa shape index (κ2) is 10.4. The number of carbonyl (C=O) groups excluding carboxylic acids is 2. The number of methoxy groups -OCH3 is 1. The fraction of sp³-hybridized carbons (Fsp3) is 0.476. The van der Waals surface area contributed by atoms with Crippen LogP contribution in [0.5, 0.6) is 5.75 Å². The van der Waals surface area contributed by atoms with Gasteiger partial charge in [-0.15, -0.1) is 11.3 Å². The monoisotopic (exact) mass is 416 g/mol. The molecular weight excluding hydrogens is 388 g/mol. The predicted octanol–water partition coefficient (Wildman–Crippen LogP) is 3.34. The van der Waals surface area contributed by atoms with Crippen LogP contribution in [0.1, 0.15) is 49.9 Å². The number of carbonyl (C=O) groups is 2. The number of anilines is 1. The zero-order valence-electron chi connectivity index (χ0n) is 16.9. The number of nitrogens with one attached hydrogen (secondary N) is 2. The van der Waals surface area contributed by atoms with Gasteiger partial charge in [-0.3, -0.25) is 14.5 Å². The zero-order valence-corrected chi connectivity index (χ0v) is 17.8. The molecule has 29 heavy (non-hydrogen) atoms. The Hall–Kier alpha value is -2.45. The number of piperidine rings is 1. The normalized spacial score (nSPS) is 15.5. The van der Waals surface area contributed by atoms with Crippen LogP contribution >= 0.6 is 11.3 Å². The first-order chi connectivity index (χ1) is 14.0. The molecule has 0 bridgehead atoms. The minimum absolute atomic E-state index is 0.132. The molecule has 2 heterocycles. The summed E-state index contributed by atoms with van der Waals surface area (Å²) in [7, 11) is 1.60. The Bertz CT molecular complexity index is 816. The number of likely N-dealkylation sites (tertiary alicyclic amines) is 1. The Morgan fingerprint density at radius 1 is 1.21 bits per heavy atom. The van der Waals surface area contributed by atoms with E-state index in [-0.39, 0.29) is 18.2 Å². The summed E-state index contributed by atoms with van der Waals surface area (Å²) in [5.74, 6) is 0.360. The summed E-state index contributed by atoms with van der Waals surface area (Å²) >= 11 is 1.43. The smallest absolute Gasteiger partial charge is 0.228 e. The third-order valence-corrected chi connectivity index (χ3v) is 5.72. The maximum Gasteiger partial charge on any atom is 0.228 e. The molecule has 1 aromatic carbocycles. The van der Waals surface area contributed by atoms with Crippen LogP contribution in [0.15, 0.2) is 29.6 Å². The lowest BCUT2D eigenvalue weighted by Gasteiger charge is -2.25. The number of aromatic nitrogens is 1. The molecule has 1 aliphatic rings. The van der Waals surface area contributed by atoms with Crippen molar-refractivity contribution in [1.29, 1.82) is 0 Å². The maximum atomic E-state index is 12.6. The van der Waals surface area contributed by atoms with Gasteiger partial charge in [0.25, 0.3) is 0 Å².